The summed E-state index contributed by atoms with van der Waals surface area (Å²) in [6.07, 6.45) is 0.860. The second-order valence-electron chi connectivity index (χ2n) is 14.5. The van der Waals surface area contributed by atoms with E-state index in [9.17, 15) is 19.3 Å². The van der Waals surface area contributed by atoms with Crippen molar-refractivity contribution in [1.82, 2.24) is 15.5 Å². The number of benzene rings is 2. The largest absolute Gasteiger partial charge is 0.791 e. The third-order valence-electron chi connectivity index (χ3n) is 9.18. The highest BCUT2D eigenvalue weighted by molar-refractivity contribution is 8.09. The Labute approximate surface area is 386 Å². The lowest BCUT2D eigenvalue weighted by Crippen LogP contribution is -2.53. The van der Waals surface area contributed by atoms with Crippen molar-refractivity contribution in [3.05, 3.63) is 54.1 Å². The van der Waals surface area contributed by atoms with E-state index in [4.69, 9.17) is 59.0 Å². The lowest BCUT2D eigenvalue weighted by molar-refractivity contribution is -0.177. The van der Waals surface area contributed by atoms with Crippen molar-refractivity contribution in [2.75, 3.05) is 147 Å². The number of hydrogen-bond acceptors (Lipinski definition) is 16. The molecule has 0 radical (unpaired) electrons. The Morgan fingerprint density at radius 3 is 1.55 bits per heavy atom. The quantitative estimate of drug-likeness (QED) is 0.0730. The number of hydrogen-bond donors (Lipinski definition) is 2. The smallest absolute Gasteiger partial charge is 0.237 e. The first-order valence-electron chi connectivity index (χ1n) is 21.4. The van der Waals surface area contributed by atoms with Gasteiger partial charge < -0.3 is 62.7 Å². The fraction of sp³-hybridized carbons (Fsp3) is 0.667. The Hall–Kier alpha value is -2.94. The molecule has 0 fully saturated rings. The molecule has 0 aromatic heterocycles. The van der Waals surface area contributed by atoms with E-state index in [2.05, 4.69) is 10.6 Å². The number of ketones is 1. The van der Waals surface area contributed by atoms with Crippen LogP contribution in [0.5, 0.6) is 5.75 Å². The van der Waals surface area contributed by atoms with Crippen LogP contribution in [0.25, 0.3) is 11.1 Å². The van der Waals surface area contributed by atoms with Gasteiger partial charge in [0, 0.05) is 59.6 Å². The zero-order chi connectivity index (χ0) is 46.0. The van der Waals surface area contributed by atoms with Crippen LogP contribution in [0.3, 0.4) is 0 Å². The maximum Gasteiger partial charge on any atom is 0.237 e. The molecule has 2 N–H and O–H groups in total. The highest BCUT2D eigenvalue weighted by Crippen LogP contribution is 2.43. The standard InChI is InChI=1S/C44H72N3O14PS.CH4/c1-36(2)62(51,63)61-41-14-12-39(13-15-41)38-10-8-37(9-11-38)33-42(44(50)46-17-20-57-29-32-60-26-23-54-5)47(34-40(48)7-6-18-55-27-30-58-24-21-52-3)35-43(49)45-16-19-56-28-31-59-25-22-53-4;/h8-15,36,42H,6-7,16-35H2,1-5H3,(H,45,49)(H,46,50)(H,51,63);1H4/p-1. The van der Waals surface area contributed by atoms with Crippen molar-refractivity contribution in [3.63, 3.8) is 0 Å². The monoisotopic (exact) mass is 944 g/mol. The van der Waals surface area contributed by atoms with Crippen LogP contribution in [0, 0.1) is 0 Å². The first-order valence-corrected chi connectivity index (χ1v) is 24.1. The van der Waals surface area contributed by atoms with E-state index in [0.717, 1.165) is 16.7 Å². The van der Waals surface area contributed by atoms with E-state index in [1.165, 1.54) is 0 Å². The van der Waals surface area contributed by atoms with Crippen LogP contribution in [0.4, 0.5) is 0 Å². The van der Waals surface area contributed by atoms with Gasteiger partial charge in [-0.15, -0.1) is 0 Å². The molecule has 17 nitrogen and oxygen atoms in total. The Balaban J connectivity index is 0.0000205. The molecule has 0 aliphatic carbocycles. The zero-order valence-corrected chi connectivity index (χ0v) is 39.6. The summed E-state index contributed by atoms with van der Waals surface area (Å²) in [6.45, 7) is 6.38. The molecule has 2 atom stereocenters. The van der Waals surface area contributed by atoms with Gasteiger partial charge in [0.05, 0.1) is 112 Å². The molecule has 2 unspecified atom stereocenters. The normalized spacial score (nSPS) is 12.8. The number of methoxy groups -OCH3 is 3. The molecule has 0 aliphatic rings. The fourth-order valence-electron chi connectivity index (χ4n) is 5.62. The molecular formula is C45H75N3O14PS-. The molecule has 366 valence electrons. The van der Waals surface area contributed by atoms with Gasteiger partial charge in [-0.05, 0) is 41.7 Å². The van der Waals surface area contributed by atoms with E-state index >= 15 is 0 Å². The molecule has 0 spiro atoms. The van der Waals surface area contributed by atoms with Crippen molar-refractivity contribution in [3.8, 4) is 16.9 Å². The summed E-state index contributed by atoms with van der Waals surface area (Å²) < 4.78 is 53.7. The lowest BCUT2D eigenvalue weighted by atomic mass is 9.99. The topological polar surface area (TPSA) is 194 Å². The molecule has 0 bridgehead atoms. The summed E-state index contributed by atoms with van der Waals surface area (Å²) in [5.41, 5.74) is 2.32. The van der Waals surface area contributed by atoms with Gasteiger partial charge in [0.2, 0.25) is 11.8 Å². The summed E-state index contributed by atoms with van der Waals surface area (Å²) >= 11 is 5.18. The van der Waals surface area contributed by atoms with Crippen molar-refractivity contribution in [2.45, 2.75) is 52.2 Å². The first kappa shape index (κ1) is 59.1. The lowest BCUT2D eigenvalue weighted by Gasteiger charge is -2.32. The Kier molecular flexibility index (Phi) is 34.3. The molecule has 2 rings (SSSR count). The highest BCUT2D eigenvalue weighted by atomic mass is 32.5. The van der Waals surface area contributed by atoms with Gasteiger partial charge >= 0.3 is 0 Å². The maximum absolute atomic E-state index is 14.1. The van der Waals surface area contributed by atoms with Gasteiger partial charge in [-0.2, -0.15) is 0 Å². The Morgan fingerprint density at radius 1 is 0.625 bits per heavy atom. The SMILES string of the molecule is C.COCCOCCOCCCC(=O)CN(CC(=O)NCCOCCOCCOC)C(Cc1ccc(-c2ccc(OP([O-])(=S)C(C)C)cc2)cc1)C(=O)NCCOCCOCCOC. The molecule has 64 heavy (non-hydrogen) atoms. The molecule has 0 aliphatic heterocycles. The van der Waals surface area contributed by atoms with Crippen molar-refractivity contribution >= 4 is 35.9 Å². The van der Waals surface area contributed by atoms with Gasteiger partial charge in [0.15, 0.2) is 0 Å². The van der Waals surface area contributed by atoms with E-state index in [1.54, 1.807) is 52.2 Å². The van der Waals surface area contributed by atoms with Crippen LogP contribution in [0.2, 0.25) is 0 Å². The minimum Gasteiger partial charge on any atom is -0.791 e. The molecule has 0 heterocycles. The number of amides is 2. The van der Waals surface area contributed by atoms with Crippen LogP contribution < -0.4 is 20.1 Å². The number of ether oxygens (including phenoxy) is 9. The third-order valence-corrected chi connectivity index (χ3v) is 12.4. The third kappa shape index (κ3) is 27.5. The summed E-state index contributed by atoms with van der Waals surface area (Å²) in [7, 11) is 4.81. The molecule has 2 amide bonds. The summed E-state index contributed by atoms with van der Waals surface area (Å²) in [6, 6.07) is 14.0. The molecular weight excluding hydrogens is 870 g/mol. The maximum atomic E-state index is 14.1. The number of carbonyl (C=O) groups is 3. The zero-order valence-electron chi connectivity index (χ0n) is 37.8. The van der Waals surface area contributed by atoms with Gasteiger partial charge in [-0.3, -0.25) is 19.3 Å². The Bertz CT molecular complexity index is 1520. The first-order chi connectivity index (χ1) is 30.5. The second kappa shape index (κ2) is 37.2. The van der Waals surface area contributed by atoms with Gasteiger partial charge in [-0.25, -0.2) is 0 Å². The molecule has 0 saturated carbocycles. The number of nitrogens with zero attached hydrogens (tertiary/aromatic N) is 1. The molecule has 19 heteroatoms. The predicted octanol–water partition coefficient (Wildman–Crippen LogP) is 3.28. The number of carbonyl (C=O) groups excluding carboxylic acids is 3. The minimum absolute atomic E-state index is 0. The predicted molar refractivity (Wildman–Crippen MR) is 249 cm³/mol. The number of Topliss-reactive ketones (excluding diaryl/α,β-unsaturated/α-hetero) is 1. The molecule has 2 aromatic rings. The summed E-state index contributed by atoms with van der Waals surface area (Å²) in [5.74, 6) is -0.429. The van der Waals surface area contributed by atoms with E-state index in [0.29, 0.717) is 98.1 Å². The molecule has 2 aromatic carbocycles. The summed E-state index contributed by atoms with van der Waals surface area (Å²) in [4.78, 5) is 55.2. The van der Waals surface area contributed by atoms with Crippen LogP contribution >= 0.6 is 6.49 Å². The molecule has 0 saturated heterocycles. The van der Waals surface area contributed by atoms with Crippen LogP contribution in [-0.2, 0) is 75.2 Å². The summed E-state index contributed by atoms with van der Waals surface area (Å²) in [5, 5.41) is 5.80. The van der Waals surface area contributed by atoms with Gasteiger partial charge in [0.1, 0.15) is 11.5 Å². The minimum atomic E-state index is -3.22. The van der Waals surface area contributed by atoms with E-state index in [-0.39, 0.29) is 82.9 Å². The average molecular weight is 945 g/mol. The highest BCUT2D eigenvalue weighted by Gasteiger charge is 2.29. The fourth-order valence-corrected chi connectivity index (χ4v) is 6.50. The van der Waals surface area contributed by atoms with Crippen molar-refractivity contribution < 1.29 is 66.4 Å². The van der Waals surface area contributed by atoms with Gasteiger partial charge in [-0.1, -0.05) is 69.5 Å². The van der Waals surface area contributed by atoms with Crippen LogP contribution in [0.1, 0.15) is 39.7 Å². The van der Waals surface area contributed by atoms with Crippen molar-refractivity contribution in [1.29, 1.82) is 0 Å². The van der Waals surface area contributed by atoms with E-state index in [1.807, 2.05) is 36.4 Å². The Morgan fingerprint density at radius 2 is 1.06 bits per heavy atom. The average Bonchev–Trinajstić information content (AvgIpc) is 3.26. The second-order valence-corrected chi connectivity index (χ2v) is 18.3. The van der Waals surface area contributed by atoms with Crippen LogP contribution in [-0.4, -0.2) is 181 Å². The van der Waals surface area contributed by atoms with Crippen molar-refractivity contribution in [2.24, 2.45) is 0 Å². The van der Waals surface area contributed by atoms with E-state index < -0.39 is 12.5 Å². The number of rotatable bonds is 40. The van der Waals surface area contributed by atoms with Crippen LogP contribution in [0.15, 0.2) is 48.5 Å². The van der Waals surface area contributed by atoms with Gasteiger partial charge in [0.25, 0.3) is 0 Å². The number of nitrogens with one attached hydrogen (secondary N) is 2.